The molecule has 0 N–H and O–H groups in total. The van der Waals surface area contributed by atoms with Crippen molar-refractivity contribution in [1.82, 2.24) is 4.90 Å². The number of benzene rings is 1. The molecule has 0 heterocycles. The van der Waals surface area contributed by atoms with Crippen LogP contribution in [0.1, 0.15) is 18.1 Å². The fourth-order valence-electron chi connectivity index (χ4n) is 1.77. The van der Waals surface area contributed by atoms with Crippen molar-refractivity contribution < 1.29 is 0 Å². The molecule has 1 aromatic carbocycles. The van der Waals surface area contributed by atoms with Crippen LogP contribution in [0.2, 0.25) is 0 Å². The molecule has 15 heavy (non-hydrogen) atoms. The second-order valence-electron chi connectivity index (χ2n) is 4.45. The van der Waals surface area contributed by atoms with Gasteiger partial charge in [-0.05, 0) is 25.5 Å². The Kier molecular flexibility index (Phi) is 5.34. The Balaban J connectivity index is 2.47. The molecule has 0 spiro atoms. The summed E-state index contributed by atoms with van der Waals surface area (Å²) in [6.45, 7) is 6.59. The van der Waals surface area contributed by atoms with E-state index in [-0.39, 0.29) is 0 Å². The molecule has 1 nitrogen and oxygen atoms in total. The van der Waals surface area contributed by atoms with Crippen LogP contribution >= 0.6 is 15.9 Å². The maximum atomic E-state index is 3.51. The van der Waals surface area contributed by atoms with Gasteiger partial charge in [0.05, 0.1) is 0 Å². The van der Waals surface area contributed by atoms with E-state index < -0.39 is 0 Å². The number of hydrogen-bond acceptors (Lipinski definition) is 1. The van der Waals surface area contributed by atoms with Crippen LogP contribution in [0.5, 0.6) is 0 Å². The molecule has 0 aliphatic heterocycles. The average molecular weight is 270 g/mol. The van der Waals surface area contributed by atoms with E-state index in [1.165, 1.54) is 11.1 Å². The first-order chi connectivity index (χ1) is 7.11. The first-order valence-corrected chi connectivity index (χ1v) is 6.54. The first-order valence-electron chi connectivity index (χ1n) is 5.42. The van der Waals surface area contributed by atoms with E-state index in [1.807, 2.05) is 0 Å². The van der Waals surface area contributed by atoms with E-state index in [2.05, 4.69) is 66.0 Å². The molecule has 1 aromatic rings. The monoisotopic (exact) mass is 269 g/mol. The van der Waals surface area contributed by atoms with Crippen LogP contribution < -0.4 is 0 Å². The van der Waals surface area contributed by atoms with Gasteiger partial charge >= 0.3 is 0 Å². The number of halogens is 1. The van der Waals surface area contributed by atoms with E-state index in [9.17, 15) is 0 Å². The molecular formula is C13H20BrN. The molecule has 0 saturated heterocycles. The fraction of sp³-hybridized carbons (Fsp3) is 0.538. The third-order valence-electron chi connectivity index (χ3n) is 2.42. The molecule has 0 bridgehead atoms. The second kappa shape index (κ2) is 6.29. The Morgan fingerprint density at radius 2 is 2.13 bits per heavy atom. The molecule has 0 aliphatic carbocycles. The van der Waals surface area contributed by atoms with Crippen molar-refractivity contribution in [1.29, 1.82) is 0 Å². The normalized spacial score (nSPS) is 13.1. The van der Waals surface area contributed by atoms with E-state index in [4.69, 9.17) is 0 Å². The molecule has 0 aliphatic rings. The Bertz CT molecular complexity index is 298. The molecule has 84 valence electrons. The summed E-state index contributed by atoms with van der Waals surface area (Å²) in [5.74, 6) is 0.708. The first kappa shape index (κ1) is 12.7. The minimum Gasteiger partial charge on any atom is -0.302 e. The Morgan fingerprint density at radius 3 is 2.73 bits per heavy atom. The molecule has 0 amide bonds. The fourth-order valence-corrected chi connectivity index (χ4v) is 1.97. The molecule has 0 saturated carbocycles. The van der Waals surface area contributed by atoms with E-state index >= 15 is 0 Å². The lowest BCUT2D eigenvalue weighted by molar-refractivity contribution is 0.291. The highest BCUT2D eigenvalue weighted by molar-refractivity contribution is 9.09. The van der Waals surface area contributed by atoms with Gasteiger partial charge in [0.2, 0.25) is 0 Å². The predicted molar refractivity (Wildman–Crippen MR) is 70.5 cm³/mol. The summed E-state index contributed by atoms with van der Waals surface area (Å²) in [6.07, 6.45) is 0. The topological polar surface area (TPSA) is 3.24 Å². The van der Waals surface area contributed by atoms with Gasteiger partial charge in [-0.15, -0.1) is 0 Å². The van der Waals surface area contributed by atoms with Crippen molar-refractivity contribution in [3.63, 3.8) is 0 Å². The molecule has 0 radical (unpaired) electrons. The largest absolute Gasteiger partial charge is 0.302 e. The quantitative estimate of drug-likeness (QED) is 0.741. The Hall–Kier alpha value is -0.340. The smallest absolute Gasteiger partial charge is 0.0230 e. The average Bonchev–Trinajstić information content (AvgIpc) is 2.17. The lowest BCUT2D eigenvalue weighted by Crippen LogP contribution is -2.24. The van der Waals surface area contributed by atoms with Gasteiger partial charge in [0.15, 0.2) is 0 Å². The minimum absolute atomic E-state index is 0.708. The van der Waals surface area contributed by atoms with Gasteiger partial charge in [0.1, 0.15) is 0 Å². The van der Waals surface area contributed by atoms with Gasteiger partial charge in [-0.3, -0.25) is 0 Å². The maximum absolute atomic E-state index is 3.51. The summed E-state index contributed by atoms with van der Waals surface area (Å²) in [5.41, 5.74) is 2.74. The summed E-state index contributed by atoms with van der Waals surface area (Å²) in [6, 6.07) is 8.73. The zero-order valence-corrected chi connectivity index (χ0v) is 11.4. The van der Waals surface area contributed by atoms with Crippen LogP contribution in [0.3, 0.4) is 0 Å². The number of hydrogen-bond donors (Lipinski definition) is 0. The summed E-state index contributed by atoms with van der Waals surface area (Å²) in [5, 5.41) is 1.07. The van der Waals surface area contributed by atoms with E-state index in [0.717, 1.165) is 18.4 Å². The lowest BCUT2D eigenvalue weighted by Gasteiger charge is -2.20. The van der Waals surface area contributed by atoms with Crippen molar-refractivity contribution >= 4 is 15.9 Å². The van der Waals surface area contributed by atoms with Crippen LogP contribution in [0.4, 0.5) is 0 Å². The third-order valence-corrected chi connectivity index (χ3v) is 3.53. The SMILES string of the molecule is Cc1cccc(CN(C)CC(C)CBr)c1. The molecule has 1 unspecified atom stereocenters. The van der Waals surface area contributed by atoms with Crippen molar-refractivity contribution in [2.45, 2.75) is 20.4 Å². The zero-order valence-electron chi connectivity index (χ0n) is 9.83. The number of aryl methyl sites for hydroxylation is 1. The van der Waals surface area contributed by atoms with Gasteiger partial charge in [-0.25, -0.2) is 0 Å². The van der Waals surface area contributed by atoms with Crippen molar-refractivity contribution in [2.75, 3.05) is 18.9 Å². The van der Waals surface area contributed by atoms with Crippen molar-refractivity contribution in [2.24, 2.45) is 5.92 Å². The molecule has 1 rings (SSSR count). The summed E-state index contributed by atoms with van der Waals surface area (Å²) < 4.78 is 0. The second-order valence-corrected chi connectivity index (χ2v) is 5.09. The third kappa shape index (κ3) is 4.80. The predicted octanol–water partition coefficient (Wildman–Crippen LogP) is 3.46. The van der Waals surface area contributed by atoms with Gasteiger partial charge < -0.3 is 4.90 Å². The van der Waals surface area contributed by atoms with Gasteiger partial charge in [-0.2, -0.15) is 0 Å². The Labute approximate surface area is 102 Å². The molecule has 0 fully saturated rings. The van der Waals surface area contributed by atoms with Crippen LogP contribution in [0, 0.1) is 12.8 Å². The number of alkyl halides is 1. The van der Waals surface area contributed by atoms with Crippen molar-refractivity contribution in [3.05, 3.63) is 35.4 Å². The summed E-state index contributed by atoms with van der Waals surface area (Å²) in [4.78, 5) is 2.38. The summed E-state index contributed by atoms with van der Waals surface area (Å²) >= 11 is 3.51. The highest BCUT2D eigenvalue weighted by Crippen LogP contribution is 2.09. The molecule has 1 atom stereocenters. The maximum Gasteiger partial charge on any atom is 0.0230 e. The van der Waals surface area contributed by atoms with Crippen LogP contribution in [0.15, 0.2) is 24.3 Å². The minimum atomic E-state index is 0.708. The van der Waals surface area contributed by atoms with Crippen LogP contribution in [0.25, 0.3) is 0 Å². The van der Waals surface area contributed by atoms with Gasteiger partial charge in [-0.1, -0.05) is 52.7 Å². The van der Waals surface area contributed by atoms with Crippen LogP contribution in [-0.4, -0.2) is 23.8 Å². The van der Waals surface area contributed by atoms with Crippen LogP contribution in [-0.2, 0) is 6.54 Å². The number of rotatable bonds is 5. The molecular weight excluding hydrogens is 250 g/mol. The zero-order chi connectivity index (χ0) is 11.3. The van der Waals surface area contributed by atoms with E-state index in [1.54, 1.807) is 0 Å². The summed E-state index contributed by atoms with van der Waals surface area (Å²) in [7, 11) is 2.18. The highest BCUT2D eigenvalue weighted by Gasteiger charge is 2.05. The van der Waals surface area contributed by atoms with Gasteiger partial charge in [0, 0.05) is 18.4 Å². The molecule has 0 aromatic heterocycles. The molecule has 2 heteroatoms. The number of nitrogens with zero attached hydrogens (tertiary/aromatic N) is 1. The highest BCUT2D eigenvalue weighted by atomic mass is 79.9. The van der Waals surface area contributed by atoms with E-state index in [0.29, 0.717) is 5.92 Å². The van der Waals surface area contributed by atoms with Crippen molar-refractivity contribution in [3.8, 4) is 0 Å². The lowest BCUT2D eigenvalue weighted by atomic mass is 10.1. The van der Waals surface area contributed by atoms with Gasteiger partial charge in [0.25, 0.3) is 0 Å². The Morgan fingerprint density at radius 1 is 1.40 bits per heavy atom. The standard InChI is InChI=1S/C13H20BrN/c1-11-5-4-6-13(7-11)10-15(3)9-12(2)8-14/h4-7,12H,8-10H2,1-3H3.